The number of alkyl carbamates (subject to hydrolysis) is 1. The van der Waals surface area contributed by atoms with Crippen molar-refractivity contribution in [2.45, 2.75) is 38.0 Å². The van der Waals surface area contributed by atoms with Crippen LogP contribution in [0.4, 0.5) is 10.5 Å². The summed E-state index contributed by atoms with van der Waals surface area (Å²) < 4.78 is 4.86. The van der Waals surface area contributed by atoms with E-state index in [-0.39, 0.29) is 37.1 Å². The van der Waals surface area contributed by atoms with Crippen molar-refractivity contribution in [3.63, 3.8) is 0 Å². The summed E-state index contributed by atoms with van der Waals surface area (Å²) in [6, 6.07) is 0.461. The van der Waals surface area contributed by atoms with Crippen LogP contribution in [0.1, 0.15) is 34.8 Å². The van der Waals surface area contributed by atoms with E-state index in [1.165, 1.54) is 19.0 Å². The molecule has 3 aliphatic rings. The second kappa shape index (κ2) is 10.3. The molecule has 1 aromatic rings. The topological polar surface area (TPSA) is 197 Å². The molecule has 5 N–H and O–H groups in total. The Bertz CT molecular complexity index is 1320. The zero-order valence-corrected chi connectivity index (χ0v) is 23.0. The largest absolute Gasteiger partial charge is 0.507 e. The van der Waals surface area contributed by atoms with Crippen LogP contribution in [0.5, 0.6) is 5.75 Å². The predicted molar refractivity (Wildman–Crippen MR) is 140 cm³/mol. The molecule has 13 heteroatoms. The summed E-state index contributed by atoms with van der Waals surface area (Å²) in [7, 11) is 6.54. The number of carbonyl (C=O) groups is 6. The van der Waals surface area contributed by atoms with E-state index in [1.807, 2.05) is 0 Å². The van der Waals surface area contributed by atoms with Crippen molar-refractivity contribution in [2.24, 2.45) is 29.4 Å². The number of hydrogen-bond donors (Lipinski definition) is 4. The number of ketones is 4. The molecule has 0 spiro atoms. The number of nitrogens with zero attached hydrogens (tertiary/aromatic N) is 2. The fourth-order valence-corrected chi connectivity index (χ4v) is 6.59. The molecule has 0 radical (unpaired) electrons. The molecule has 216 valence electrons. The number of carbonyl (C=O) groups excluding carboxylic acids is 6. The number of anilines is 1. The minimum absolute atomic E-state index is 0.0380. The van der Waals surface area contributed by atoms with Gasteiger partial charge in [-0.15, -0.1) is 0 Å². The molecule has 0 saturated heterocycles. The molecule has 2 unspecified atom stereocenters. The Hall–Kier alpha value is -3.84. The van der Waals surface area contributed by atoms with E-state index in [9.17, 15) is 39.0 Å². The third-order valence-corrected chi connectivity index (χ3v) is 8.30. The summed E-state index contributed by atoms with van der Waals surface area (Å²) in [5.74, 6) is -11.2. The zero-order chi connectivity index (χ0) is 29.8. The van der Waals surface area contributed by atoms with Crippen LogP contribution in [-0.4, -0.2) is 96.7 Å². The van der Waals surface area contributed by atoms with E-state index >= 15 is 0 Å². The van der Waals surface area contributed by atoms with Crippen molar-refractivity contribution < 1.29 is 43.7 Å². The van der Waals surface area contributed by atoms with Crippen LogP contribution in [0.2, 0.25) is 0 Å². The minimum atomic E-state index is -2.79. The molecule has 1 aromatic carbocycles. The highest BCUT2D eigenvalue weighted by Crippen LogP contribution is 2.52. The molecule has 6 atom stereocenters. The van der Waals surface area contributed by atoms with Crippen molar-refractivity contribution in [2.75, 3.05) is 39.7 Å². The molecular formula is C27H34N4O9. The van der Waals surface area contributed by atoms with E-state index in [1.54, 1.807) is 32.0 Å². The molecule has 13 nitrogen and oxygen atoms in total. The lowest BCUT2D eigenvalue weighted by atomic mass is 9.52. The van der Waals surface area contributed by atoms with Crippen LogP contribution in [0, 0.1) is 23.7 Å². The molecule has 0 heterocycles. The molecule has 3 aliphatic carbocycles. The molecule has 2 fully saturated rings. The number of rotatable bonds is 6. The maximum absolute atomic E-state index is 14.0. The van der Waals surface area contributed by atoms with E-state index < -0.39 is 76.2 Å². The van der Waals surface area contributed by atoms with E-state index in [2.05, 4.69) is 5.32 Å². The van der Waals surface area contributed by atoms with Crippen molar-refractivity contribution >= 4 is 40.8 Å². The van der Waals surface area contributed by atoms with Crippen molar-refractivity contribution in [3.8, 4) is 5.75 Å². The van der Waals surface area contributed by atoms with Crippen molar-refractivity contribution in [3.05, 3.63) is 22.8 Å². The van der Waals surface area contributed by atoms with Gasteiger partial charge >= 0.3 is 6.09 Å². The third kappa shape index (κ3) is 4.24. The number of phenols is 1. The number of benzene rings is 1. The first kappa shape index (κ1) is 29.2. The Morgan fingerprint density at radius 1 is 1.15 bits per heavy atom. The van der Waals surface area contributed by atoms with Crippen LogP contribution in [0.25, 0.3) is 0 Å². The standard InChI is InChI=1S/C27H34N4O9/c1-6-40-26(38)29-10-12-9-15(30(2)3)13-7-11-8-14-19(31(4)5)22(34)18(25(28)37)24(36)27(14,39)23(35)16(11)21(33)17(13)20(12)32/h9,11,14,16,18-19,32,39H,6-8,10H2,1-5H3,(H2,28,37)(H,29,38)/t11-,14-,16?,18?,19+,27-/m0/s1. The molecule has 2 saturated carbocycles. The number of hydrogen-bond acceptors (Lipinski definition) is 11. The first-order chi connectivity index (χ1) is 18.7. The van der Waals surface area contributed by atoms with Gasteiger partial charge in [0, 0.05) is 37.8 Å². The van der Waals surface area contributed by atoms with Gasteiger partial charge in [-0.05, 0) is 51.4 Å². The number of nitrogens with one attached hydrogen (secondary N) is 1. The van der Waals surface area contributed by atoms with Gasteiger partial charge in [0.25, 0.3) is 0 Å². The highest BCUT2D eigenvalue weighted by Gasteiger charge is 2.69. The summed E-state index contributed by atoms with van der Waals surface area (Å²) >= 11 is 0. The summed E-state index contributed by atoms with van der Waals surface area (Å²) in [5, 5.41) is 25.3. The van der Waals surface area contributed by atoms with Gasteiger partial charge in [-0.25, -0.2) is 4.79 Å². The van der Waals surface area contributed by atoms with E-state index in [4.69, 9.17) is 10.5 Å². The molecule has 0 bridgehead atoms. The van der Waals surface area contributed by atoms with Gasteiger partial charge in [-0.1, -0.05) is 0 Å². The van der Waals surface area contributed by atoms with Gasteiger partial charge in [0.2, 0.25) is 5.91 Å². The quantitative estimate of drug-likeness (QED) is 0.318. The molecule has 4 rings (SSSR count). The Labute approximate surface area is 230 Å². The number of amides is 2. The van der Waals surface area contributed by atoms with Crippen LogP contribution >= 0.6 is 0 Å². The van der Waals surface area contributed by atoms with Crippen LogP contribution in [-0.2, 0) is 36.9 Å². The normalized spacial score (nSPS) is 29.4. The van der Waals surface area contributed by atoms with Crippen LogP contribution < -0.4 is 16.0 Å². The van der Waals surface area contributed by atoms with E-state index in [0.29, 0.717) is 11.3 Å². The lowest BCUT2D eigenvalue weighted by Crippen LogP contribution is -2.74. The Morgan fingerprint density at radius 3 is 2.35 bits per heavy atom. The monoisotopic (exact) mass is 558 g/mol. The Balaban J connectivity index is 1.83. The summed E-state index contributed by atoms with van der Waals surface area (Å²) in [6.45, 7) is 1.59. The maximum atomic E-state index is 14.0. The SMILES string of the molecule is CCOC(=O)NCc1cc(N(C)C)c2c(c1O)C(=O)C1C(=O)[C@]3(O)C(=O)C(C(N)=O)C(=O)[C@H](N(C)C)[C@@H]3C[C@@H]1C2. The van der Waals surface area contributed by atoms with Crippen LogP contribution in [0.15, 0.2) is 6.07 Å². The summed E-state index contributed by atoms with van der Waals surface area (Å²) in [5.41, 5.74) is 3.65. The van der Waals surface area contributed by atoms with Gasteiger partial charge in [-0.3, -0.25) is 28.9 Å². The first-order valence-electron chi connectivity index (χ1n) is 13.0. The number of aromatic hydroxyl groups is 1. The molecule has 0 aromatic heterocycles. The molecule has 40 heavy (non-hydrogen) atoms. The van der Waals surface area contributed by atoms with Gasteiger partial charge < -0.3 is 30.9 Å². The van der Waals surface area contributed by atoms with Gasteiger partial charge in [0.1, 0.15) is 5.75 Å². The number of phenolic OH excluding ortho intramolecular Hbond substituents is 1. The predicted octanol–water partition coefficient (Wildman–Crippen LogP) is -0.821. The molecule has 2 amide bonds. The number of primary amides is 1. The number of nitrogens with two attached hydrogens (primary N) is 1. The number of fused-ring (bicyclic) bond motifs is 3. The Morgan fingerprint density at radius 2 is 1.80 bits per heavy atom. The first-order valence-corrected chi connectivity index (χ1v) is 13.0. The second-order valence-electron chi connectivity index (χ2n) is 11.0. The minimum Gasteiger partial charge on any atom is -0.507 e. The smallest absolute Gasteiger partial charge is 0.407 e. The average molecular weight is 559 g/mol. The average Bonchev–Trinajstić information content (AvgIpc) is 2.85. The lowest BCUT2D eigenvalue weighted by Gasteiger charge is -2.52. The van der Waals surface area contributed by atoms with Crippen molar-refractivity contribution in [1.82, 2.24) is 10.2 Å². The van der Waals surface area contributed by atoms with E-state index in [0.717, 1.165) is 0 Å². The summed E-state index contributed by atoms with van der Waals surface area (Å²) in [4.78, 5) is 81.6. The fraction of sp³-hybridized carbons (Fsp3) is 0.556. The zero-order valence-electron chi connectivity index (χ0n) is 23.0. The highest BCUT2D eigenvalue weighted by molar-refractivity contribution is 6.32. The van der Waals surface area contributed by atoms with Gasteiger partial charge in [-0.2, -0.15) is 0 Å². The van der Waals surface area contributed by atoms with Gasteiger partial charge in [0.05, 0.1) is 24.1 Å². The number of likely N-dealkylation sites (N-methyl/N-ethyl adjacent to an activating group) is 1. The summed E-state index contributed by atoms with van der Waals surface area (Å²) in [6.07, 6.45) is -0.625. The highest BCUT2D eigenvalue weighted by atomic mass is 16.5. The maximum Gasteiger partial charge on any atom is 0.407 e. The molecular weight excluding hydrogens is 524 g/mol. The fourth-order valence-electron chi connectivity index (χ4n) is 6.59. The number of ether oxygens (including phenoxy) is 1. The third-order valence-electron chi connectivity index (χ3n) is 8.30. The van der Waals surface area contributed by atoms with Crippen molar-refractivity contribution in [1.29, 1.82) is 0 Å². The van der Waals surface area contributed by atoms with Gasteiger partial charge in [0.15, 0.2) is 34.7 Å². The number of aliphatic hydroxyl groups is 1. The van der Waals surface area contributed by atoms with Crippen LogP contribution in [0.3, 0.4) is 0 Å². The second-order valence-corrected chi connectivity index (χ2v) is 11.0. The lowest BCUT2D eigenvalue weighted by molar-refractivity contribution is -0.181. The molecule has 0 aliphatic heterocycles. The Kier molecular flexibility index (Phi) is 7.50. The number of Topliss-reactive ketones (excluding diaryl/α,β-unsaturated/α-hetero) is 4.